The summed E-state index contributed by atoms with van der Waals surface area (Å²) in [5, 5.41) is 18.8. The van der Waals surface area contributed by atoms with Crippen molar-refractivity contribution < 1.29 is 4.79 Å². The smallest absolute Gasteiger partial charge is 0.224 e. The van der Waals surface area contributed by atoms with Crippen molar-refractivity contribution in [1.29, 1.82) is 0 Å². The Labute approximate surface area is 241 Å². The maximum atomic E-state index is 13.6. The summed E-state index contributed by atoms with van der Waals surface area (Å²) in [5.41, 5.74) is 6.42. The Morgan fingerprint density at radius 3 is 2.85 bits per heavy atom. The van der Waals surface area contributed by atoms with Gasteiger partial charge in [-0.3, -0.25) is 19.0 Å². The summed E-state index contributed by atoms with van der Waals surface area (Å²) < 4.78 is 4.30. The van der Waals surface area contributed by atoms with Crippen LogP contribution in [0.4, 0.5) is 0 Å². The molecule has 0 saturated heterocycles. The third kappa shape index (κ3) is 3.59. The van der Waals surface area contributed by atoms with Gasteiger partial charge < -0.3 is 5.32 Å². The van der Waals surface area contributed by atoms with Crippen LogP contribution in [-0.2, 0) is 42.6 Å². The Kier molecular flexibility index (Phi) is 5.42. The first-order valence-electron chi connectivity index (χ1n) is 14.2. The molecule has 8 nitrogen and oxygen atoms in total. The molecule has 1 N–H and O–H groups in total. The number of nitrogens with zero attached hydrogens (tertiary/aromatic N) is 6. The highest BCUT2D eigenvalue weighted by atomic mass is 35.5. The van der Waals surface area contributed by atoms with Crippen molar-refractivity contribution in [3.63, 3.8) is 0 Å². The van der Waals surface area contributed by atoms with Crippen LogP contribution < -0.4 is 5.32 Å². The number of carbonyl (C=O) groups excluding carboxylic acids is 1. The van der Waals surface area contributed by atoms with Crippen LogP contribution in [0, 0.1) is 12.8 Å². The maximum Gasteiger partial charge on any atom is 0.224 e. The molecular weight excluding hydrogens is 542 g/mol. The number of halogens is 1. The van der Waals surface area contributed by atoms with E-state index in [0.29, 0.717) is 11.4 Å². The highest BCUT2D eigenvalue weighted by molar-refractivity contribution is 7.15. The Morgan fingerprint density at radius 2 is 2.05 bits per heavy atom. The number of benzene rings is 1. The lowest BCUT2D eigenvalue weighted by molar-refractivity contribution is -0.125. The van der Waals surface area contributed by atoms with E-state index in [1.165, 1.54) is 21.7 Å². The molecule has 1 aliphatic heterocycles. The minimum atomic E-state index is -0.359. The van der Waals surface area contributed by atoms with Gasteiger partial charge in [-0.15, -0.1) is 21.5 Å². The van der Waals surface area contributed by atoms with Crippen molar-refractivity contribution in [2.75, 3.05) is 0 Å². The van der Waals surface area contributed by atoms with Crippen LogP contribution >= 0.6 is 22.9 Å². The van der Waals surface area contributed by atoms with Crippen LogP contribution in [0.25, 0.3) is 5.00 Å². The average molecular weight is 572 g/mol. The molecule has 3 aromatic heterocycles. The molecule has 1 spiro atoms. The van der Waals surface area contributed by atoms with Gasteiger partial charge in [-0.1, -0.05) is 29.8 Å². The number of aliphatic imine (C=N–C) groups is 1. The number of carbonyl (C=O) groups is 1. The number of aryl methyl sites for hydroxylation is 2. The number of fused-ring (bicyclic) bond motifs is 7. The highest BCUT2D eigenvalue weighted by Crippen LogP contribution is 2.54. The largest absolute Gasteiger partial charge is 0.353 e. The monoisotopic (exact) mass is 571 g/mol. The molecular formula is C30H30ClN7OS. The van der Waals surface area contributed by atoms with Gasteiger partial charge in [0.2, 0.25) is 5.91 Å². The standard InChI is InChI=1S/C30H30ClN7OS/c1-3-37-23-9-8-19(12-18(23)15-32-37)33-27(39)17-13-21-24(14-17)40-28-25(21)26(20-6-4-5-7-22(20)31)34-30(10-11-30)29-36-35-16(2)38(28)29/h4-7,15,17,19H,3,8-14H2,1-2H3,(H,33,39)/t17-,19-/m0/s1. The molecule has 0 unspecified atom stereocenters. The van der Waals surface area contributed by atoms with E-state index in [4.69, 9.17) is 16.6 Å². The predicted octanol–water partition coefficient (Wildman–Crippen LogP) is 4.74. The van der Waals surface area contributed by atoms with Gasteiger partial charge in [0.25, 0.3) is 0 Å². The number of thiophene rings is 1. The Bertz CT molecular complexity index is 1730. The minimum absolute atomic E-state index is 0.0848. The van der Waals surface area contributed by atoms with Crippen molar-refractivity contribution in [3.05, 3.63) is 80.0 Å². The molecule has 1 aromatic carbocycles. The Balaban J connectivity index is 1.13. The summed E-state index contributed by atoms with van der Waals surface area (Å²) in [7, 11) is 0. The summed E-state index contributed by atoms with van der Waals surface area (Å²) in [4.78, 5) is 20.3. The lowest BCUT2D eigenvalue weighted by atomic mass is 9.92. The number of hydrogen-bond donors (Lipinski definition) is 1. The fourth-order valence-corrected chi connectivity index (χ4v) is 8.52. The van der Waals surface area contributed by atoms with Crippen LogP contribution in [0.5, 0.6) is 0 Å². The first-order chi connectivity index (χ1) is 19.5. The third-order valence-electron chi connectivity index (χ3n) is 9.06. The second kappa shape index (κ2) is 8.85. The van der Waals surface area contributed by atoms with Crippen LogP contribution in [-0.4, -0.2) is 42.2 Å². The fraction of sp³-hybridized carbons (Fsp3) is 0.433. The SMILES string of the molecule is CCn1ncc2c1CC[C@H](NC(=O)[C@@H]1Cc3sc4c(c3C1)C(c1ccccc1Cl)=NC1(CC1)c1nnc(C)n1-4)C2. The van der Waals surface area contributed by atoms with Gasteiger partial charge in [0.1, 0.15) is 16.4 Å². The van der Waals surface area contributed by atoms with Crippen LogP contribution in [0.15, 0.2) is 35.5 Å². The first-order valence-corrected chi connectivity index (χ1v) is 15.4. The Hall–Kier alpha value is -3.30. The highest BCUT2D eigenvalue weighted by Gasteiger charge is 2.52. The quantitative estimate of drug-likeness (QED) is 0.383. The molecule has 1 saturated carbocycles. The van der Waals surface area contributed by atoms with Gasteiger partial charge in [-0.25, -0.2) is 0 Å². The van der Waals surface area contributed by atoms with Gasteiger partial charge in [0.15, 0.2) is 5.82 Å². The van der Waals surface area contributed by atoms with Gasteiger partial charge in [-0.05, 0) is 76.0 Å². The van der Waals surface area contributed by atoms with Crippen molar-refractivity contribution in [1.82, 2.24) is 29.9 Å². The molecule has 40 heavy (non-hydrogen) atoms. The zero-order valence-corrected chi connectivity index (χ0v) is 24.1. The van der Waals surface area contributed by atoms with E-state index in [-0.39, 0.29) is 23.4 Å². The van der Waals surface area contributed by atoms with Crippen LogP contribution in [0.1, 0.15) is 70.7 Å². The van der Waals surface area contributed by atoms with E-state index in [9.17, 15) is 4.79 Å². The first kappa shape index (κ1) is 24.5. The maximum absolute atomic E-state index is 13.6. The van der Waals surface area contributed by atoms with Crippen molar-refractivity contribution in [3.8, 4) is 5.00 Å². The van der Waals surface area contributed by atoms with E-state index >= 15 is 0 Å². The van der Waals surface area contributed by atoms with Crippen molar-refractivity contribution in [2.24, 2.45) is 10.9 Å². The molecule has 1 amide bonds. The summed E-state index contributed by atoms with van der Waals surface area (Å²) in [6.07, 6.45) is 8.07. The molecule has 3 aliphatic carbocycles. The number of rotatable bonds is 4. The van der Waals surface area contributed by atoms with Gasteiger partial charge in [0, 0.05) is 45.2 Å². The van der Waals surface area contributed by atoms with Gasteiger partial charge >= 0.3 is 0 Å². The number of amides is 1. The second-order valence-corrected chi connectivity index (χ2v) is 13.0. The van der Waals surface area contributed by atoms with Gasteiger partial charge in [-0.2, -0.15) is 5.10 Å². The Morgan fingerprint density at radius 1 is 1.20 bits per heavy atom. The van der Waals surface area contributed by atoms with E-state index in [0.717, 1.165) is 78.6 Å². The molecule has 204 valence electrons. The number of aromatic nitrogens is 5. The van der Waals surface area contributed by atoms with E-state index in [1.807, 2.05) is 31.3 Å². The second-order valence-electron chi connectivity index (χ2n) is 11.5. The minimum Gasteiger partial charge on any atom is -0.353 e. The zero-order chi connectivity index (χ0) is 27.2. The number of hydrogen-bond acceptors (Lipinski definition) is 6. The number of nitrogens with one attached hydrogen (secondary N) is 1. The van der Waals surface area contributed by atoms with Gasteiger partial charge in [0.05, 0.1) is 11.9 Å². The molecule has 4 heterocycles. The fourth-order valence-electron chi connectivity index (χ4n) is 6.84. The normalized spacial score (nSPS) is 21.7. The summed E-state index contributed by atoms with van der Waals surface area (Å²) in [5.74, 6) is 1.86. The molecule has 0 radical (unpaired) electrons. The summed E-state index contributed by atoms with van der Waals surface area (Å²) >= 11 is 8.54. The topological polar surface area (TPSA) is 90.0 Å². The average Bonchev–Trinajstić information content (AvgIpc) is 3.25. The lowest BCUT2D eigenvalue weighted by Crippen LogP contribution is -2.42. The summed E-state index contributed by atoms with van der Waals surface area (Å²) in [6.45, 7) is 5.02. The molecule has 0 bridgehead atoms. The summed E-state index contributed by atoms with van der Waals surface area (Å²) in [6, 6.07) is 8.11. The molecule has 8 rings (SSSR count). The van der Waals surface area contributed by atoms with Crippen molar-refractivity contribution in [2.45, 2.75) is 76.9 Å². The predicted molar refractivity (Wildman–Crippen MR) is 155 cm³/mol. The molecule has 2 atom stereocenters. The van der Waals surface area contributed by atoms with Crippen LogP contribution in [0.2, 0.25) is 5.02 Å². The third-order valence-corrected chi connectivity index (χ3v) is 10.6. The van der Waals surface area contributed by atoms with Crippen LogP contribution in [0.3, 0.4) is 0 Å². The molecule has 1 fully saturated rings. The van der Waals surface area contributed by atoms with Crippen molar-refractivity contribution >= 4 is 34.6 Å². The molecule has 10 heteroatoms. The molecule has 4 aromatic rings. The van der Waals surface area contributed by atoms with E-state index in [2.05, 4.69) is 42.9 Å². The lowest BCUT2D eigenvalue weighted by Gasteiger charge is -2.25. The zero-order valence-electron chi connectivity index (χ0n) is 22.6. The van der Waals surface area contributed by atoms with E-state index in [1.54, 1.807) is 11.3 Å². The van der Waals surface area contributed by atoms with E-state index < -0.39 is 0 Å². The molecule has 4 aliphatic rings.